The van der Waals surface area contributed by atoms with Crippen molar-refractivity contribution in [2.24, 2.45) is 11.5 Å². The molecule has 8 heavy (non-hydrogen) atoms. The molecular weight excluding hydrogens is 198 g/mol. The van der Waals surface area contributed by atoms with Crippen LogP contribution < -0.4 is 11.5 Å². The normalized spacial score (nSPS) is 3.00. The Labute approximate surface area is 72.2 Å². The third kappa shape index (κ3) is 1030. The monoisotopic (exact) mass is 204 g/mol. The minimum atomic E-state index is -0.833. The third-order valence-electron chi connectivity index (χ3n) is 0. The van der Waals surface area contributed by atoms with Gasteiger partial charge in [-0.2, -0.15) is 0 Å². The van der Waals surface area contributed by atoms with Gasteiger partial charge in [-0.25, -0.2) is 4.79 Å². The summed E-state index contributed by atoms with van der Waals surface area (Å²) in [5.74, 6) is 0. The van der Waals surface area contributed by atoms with Gasteiger partial charge in [0.1, 0.15) is 0 Å². The molecule has 0 aromatic rings. The van der Waals surface area contributed by atoms with Crippen molar-refractivity contribution < 1.29 is 4.79 Å². The average Bonchev–Trinajstić information content (AvgIpc) is 0.811. The lowest BCUT2D eigenvalue weighted by molar-refractivity contribution is 0.256. The van der Waals surface area contributed by atoms with E-state index in [-0.39, 0.29) is 49.6 Å². The molecule has 0 spiro atoms. The fourth-order valence-electron chi connectivity index (χ4n) is 0. The van der Waals surface area contributed by atoms with Crippen LogP contribution in [-0.2, 0) is 0 Å². The number of urea groups is 1. The van der Waals surface area contributed by atoms with Gasteiger partial charge in [-0.3, -0.25) is 0 Å². The zero-order valence-electron chi connectivity index (χ0n) is 3.70. The first-order valence-electron chi connectivity index (χ1n) is 0.781. The first-order valence-corrected chi connectivity index (χ1v) is 0.781. The van der Waals surface area contributed by atoms with Gasteiger partial charge in [-0.15, -0.1) is 49.6 Å². The van der Waals surface area contributed by atoms with Gasteiger partial charge in [0.25, 0.3) is 0 Å². The number of amides is 2. The molecule has 56 valence electrons. The fourth-order valence-corrected chi connectivity index (χ4v) is 0. The van der Waals surface area contributed by atoms with Gasteiger partial charge in [0, 0.05) is 0 Å². The van der Waals surface area contributed by atoms with Crippen molar-refractivity contribution in [3.63, 3.8) is 0 Å². The van der Waals surface area contributed by atoms with Crippen LogP contribution in [0.5, 0.6) is 0 Å². The van der Waals surface area contributed by atoms with E-state index < -0.39 is 6.03 Å². The van der Waals surface area contributed by atoms with E-state index in [0.29, 0.717) is 0 Å². The smallest absolute Gasteiger partial charge is 0.309 e. The molecule has 0 aliphatic rings. The summed E-state index contributed by atoms with van der Waals surface area (Å²) in [6.07, 6.45) is 0. The van der Waals surface area contributed by atoms with E-state index in [1.54, 1.807) is 0 Å². The molecule has 0 aromatic heterocycles. The van der Waals surface area contributed by atoms with Crippen LogP contribution in [0.25, 0.3) is 0 Å². The summed E-state index contributed by atoms with van der Waals surface area (Å²) in [5, 5.41) is 0. The van der Waals surface area contributed by atoms with Crippen molar-refractivity contribution in [2.45, 2.75) is 0 Å². The highest BCUT2D eigenvalue weighted by Gasteiger charge is 1.60. The predicted octanol–water partition coefficient (Wildman–Crippen LogP) is 0.711. The minimum absolute atomic E-state index is 0. The van der Waals surface area contributed by atoms with Gasteiger partial charge in [-0.05, 0) is 0 Å². The summed E-state index contributed by atoms with van der Waals surface area (Å²) < 4.78 is 0. The summed E-state index contributed by atoms with van der Waals surface area (Å²) in [5.41, 5.74) is 8.50. The second kappa shape index (κ2) is 26.1. The van der Waals surface area contributed by atoms with E-state index in [4.69, 9.17) is 4.79 Å². The minimum Gasteiger partial charge on any atom is -0.352 e. The SMILES string of the molecule is Cl.Cl.Cl.Cl.NC(N)=O. The molecule has 0 saturated carbocycles. The Kier molecular flexibility index (Phi) is 129. The summed E-state index contributed by atoms with van der Waals surface area (Å²) in [4.78, 5) is 9.00. The maximum atomic E-state index is 9.00. The van der Waals surface area contributed by atoms with E-state index in [1.807, 2.05) is 0 Å². The topological polar surface area (TPSA) is 69.1 Å². The van der Waals surface area contributed by atoms with Gasteiger partial charge in [0.15, 0.2) is 0 Å². The maximum absolute atomic E-state index is 9.00. The van der Waals surface area contributed by atoms with Crippen molar-refractivity contribution in [1.82, 2.24) is 0 Å². The van der Waals surface area contributed by atoms with Gasteiger partial charge >= 0.3 is 6.03 Å². The van der Waals surface area contributed by atoms with Crippen LogP contribution in [-0.4, -0.2) is 6.03 Å². The Morgan fingerprint density at radius 3 is 0.875 bits per heavy atom. The lowest BCUT2D eigenvalue weighted by atomic mass is 11.2. The Balaban J connectivity index is -0.00000000750. The molecule has 0 aromatic carbocycles. The number of carbonyl (C=O) groups excluding carboxylic acids is 1. The Bertz CT molecular complexity index is 37.0. The van der Waals surface area contributed by atoms with Crippen molar-refractivity contribution in [1.29, 1.82) is 0 Å². The lowest BCUT2D eigenvalue weighted by Crippen LogP contribution is -2.18. The van der Waals surface area contributed by atoms with Crippen LogP contribution in [0.4, 0.5) is 4.79 Å². The second-order valence-electron chi connectivity index (χ2n) is 0.402. The van der Waals surface area contributed by atoms with Crippen molar-refractivity contribution in [3.05, 3.63) is 0 Å². The standard InChI is InChI=1S/CH4N2O.4ClH/c2-1(3)4;;;;/h(H4,2,3,4);4*1H. The van der Waals surface area contributed by atoms with Crippen molar-refractivity contribution in [3.8, 4) is 0 Å². The molecule has 4 N–H and O–H groups in total. The van der Waals surface area contributed by atoms with Crippen LogP contribution >= 0.6 is 49.6 Å². The molecule has 0 unspecified atom stereocenters. The van der Waals surface area contributed by atoms with Gasteiger partial charge in [-0.1, -0.05) is 0 Å². The molecule has 0 heterocycles. The predicted molar refractivity (Wildman–Crippen MR) is 42.8 cm³/mol. The lowest BCUT2D eigenvalue weighted by Gasteiger charge is -1.62. The molecular formula is CH8Cl4N2O. The Morgan fingerprint density at radius 1 is 0.875 bits per heavy atom. The number of hydrogen-bond donors (Lipinski definition) is 2. The number of rotatable bonds is 0. The molecule has 7 heteroatoms. The van der Waals surface area contributed by atoms with Crippen molar-refractivity contribution in [2.75, 3.05) is 0 Å². The highest BCUT2D eigenvalue weighted by Crippen LogP contribution is 1.25. The molecule has 0 saturated heterocycles. The highest BCUT2D eigenvalue weighted by atomic mass is 35.5. The van der Waals surface area contributed by atoms with E-state index in [0.717, 1.165) is 0 Å². The van der Waals surface area contributed by atoms with Gasteiger partial charge in [0.05, 0.1) is 0 Å². The largest absolute Gasteiger partial charge is 0.352 e. The van der Waals surface area contributed by atoms with E-state index in [2.05, 4.69) is 11.5 Å². The summed E-state index contributed by atoms with van der Waals surface area (Å²) in [6, 6.07) is -0.833. The van der Waals surface area contributed by atoms with Crippen LogP contribution in [0.15, 0.2) is 0 Å². The first kappa shape index (κ1) is 39.6. The van der Waals surface area contributed by atoms with E-state index in [1.165, 1.54) is 0 Å². The number of nitrogens with two attached hydrogens (primary N) is 2. The fraction of sp³-hybridized carbons (Fsp3) is 0. The van der Waals surface area contributed by atoms with E-state index >= 15 is 0 Å². The van der Waals surface area contributed by atoms with Crippen LogP contribution in [0, 0.1) is 0 Å². The average molecular weight is 206 g/mol. The molecule has 2 amide bonds. The molecule has 0 bridgehead atoms. The van der Waals surface area contributed by atoms with Crippen LogP contribution in [0.1, 0.15) is 0 Å². The third-order valence-corrected chi connectivity index (χ3v) is 0. The number of carbonyl (C=O) groups is 1. The molecule has 0 aliphatic heterocycles. The van der Waals surface area contributed by atoms with Gasteiger partial charge in [0.2, 0.25) is 0 Å². The zero-order chi connectivity index (χ0) is 3.58. The van der Waals surface area contributed by atoms with Gasteiger partial charge < -0.3 is 11.5 Å². The highest BCUT2D eigenvalue weighted by molar-refractivity contribution is 5.86. The maximum Gasteiger partial charge on any atom is 0.309 e. The number of hydrogen-bond acceptors (Lipinski definition) is 1. The summed E-state index contributed by atoms with van der Waals surface area (Å²) in [6.45, 7) is 0. The molecule has 3 nitrogen and oxygen atoms in total. The molecule has 0 aliphatic carbocycles. The Hall–Kier alpha value is 0.430. The summed E-state index contributed by atoms with van der Waals surface area (Å²) in [7, 11) is 0. The first-order chi connectivity index (χ1) is 1.73. The zero-order valence-corrected chi connectivity index (χ0v) is 6.96. The number of primary amides is 2. The molecule has 0 rings (SSSR count). The Morgan fingerprint density at radius 2 is 0.875 bits per heavy atom. The molecule has 0 atom stereocenters. The summed E-state index contributed by atoms with van der Waals surface area (Å²) >= 11 is 0. The van der Waals surface area contributed by atoms with Crippen LogP contribution in [0.2, 0.25) is 0 Å². The quantitative estimate of drug-likeness (QED) is 0.601. The molecule has 0 fully saturated rings. The molecule has 0 radical (unpaired) electrons. The van der Waals surface area contributed by atoms with Crippen LogP contribution in [0.3, 0.4) is 0 Å². The van der Waals surface area contributed by atoms with E-state index in [9.17, 15) is 0 Å². The number of halogens is 4. The second-order valence-corrected chi connectivity index (χ2v) is 0.402. The van der Waals surface area contributed by atoms with Crippen molar-refractivity contribution >= 4 is 55.7 Å².